The first-order valence-corrected chi connectivity index (χ1v) is 9.70. The van der Waals surface area contributed by atoms with Crippen molar-refractivity contribution in [1.29, 1.82) is 5.26 Å². The van der Waals surface area contributed by atoms with Crippen molar-refractivity contribution in [2.45, 2.75) is 18.4 Å². The van der Waals surface area contributed by atoms with Crippen molar-refractivity contribution in [2.24, 2.45) is 5.92 Å². The number of ether oxygens (including phenoxy) is 1. The number of aromatic nitrogens is 1. The molecule has 0 bridgehead atoms. The largest absolute Gasteiger partial charge is 0.371 e. The Balaban J connectivity index is 1.24. The molecule has 0 aliphatic carbocycles. The van der Waals surface area contributed by atoms with Gasteiger partial charge in [-0.1, -0.05) is 6.07 Å². The molecule has 1 N–H and O–H groups in total. The van der Waals surface area contributed by atoms with Crippen molar-refractivity contribution in [3.63, 3.8) is 0 Å². The molecule has 1 unspecified atom stereocenters. The van der Waals surface area contributed by atoms with Crippen molar-refractivity contribution in [1.82, 2.24) is 15.2 Å². The summed E-state index contributed by atoms with van der Waals surface area (Å²) in [6, 6.07) is 12.2. The van der Waals surface area contributed by atoms with Crippen LogP contribution >= 0.6 is 0 Å². The van der Waals surface area contributed by atoms with Crippen LogP contribution in [0, 0.1) is 17.2 Å². The molecule has 1 atom stereocenters. The quantitative estimate of drug-likeness (QED) is 0.862. The summed E-state index contributed by atoms with van der Waals surface area (Å²) in [7, 11) is 0. The highest BCUT2D eigenvalue weighted by atomic mass is 16.5. The molecule has 1 spiro atoms. The summed E-state index contributed by atoms with van der Waals surface area (Å²) >= 11 is 0. The first-order chi connectivity index (χ1) is 14.1. The van der Waals surface area contributed by atoms with Crippen LogP contribution in [0.25, 0.3) is 0 Å². The molecule has 0 radical (unpaired) electrons. The molecular formula is C22H22N4O3. The number of amides is 2. The van der Waals surface area contributed by atoms with Gasteiger partial charge in [0.2, 0.25) is 0 Å². The number of nitrogens with zero attached hydrogens (tertiary/aromatic N) is 3. The minimum atomic E-state index is -0.270. The van der Waals surface area contributed by atoms with Gasteiger partial charge in [0.25, 0.3) is 11.8 Å². The third kappa shape index (κ3) is 4.13. The molecule has 4 rings (SSSR count). The maximum atomic E-state index is 12.6. The fraction of sp³-hybridized carbons (Fsp3) is 0.364. The van der Waals surface area contributed by atoms with E-state index in [1.807, 2.05) is 0 Å². The Morgan fingerprint density at radius 2 is 2.03 bits per heavy atom. The van der Waals surface area contributed by atoms with Crippen LogP contribution in [0.4, 0.5) is 0 Å². The average Bonchev–Trinajstić information content (AvgIpc) is 2.76. The van der Waals surface area contributed by atoms with Gasteiger partial charge in [0.15, 0.2) is 0 Å². The Morgan fingerprint density at radius 1 is 1.24 bits per heavy atom. The van der Waals surface area contributed by atoms with E-state index in [0.29, 0.717) is 42.9 Å². The number of nitrogens with one attached hydrogen (secondary N) is 1. The first-order valence-electron chi connectivity index (χ1n) is 9.70. The van der Waals surface area contributed by atoms with Crippen LogP contribution in [0.3, 0.4) is 0 Å². The van der Waals surface area contributed by atoms with E-state index in [1.54, 1.807) is 53.7 Å². The third-order valence-corrected chi connectivity index (χ3v) is 5.61. The van der Waals surface area contributed by atoms with E-state index in [9.17, 15) is 9.59 Å². The van der Waals surface area contributed by atoms with Gasteiger partial charge in [-0.25, -0.2) is 0 Å². The second-order valence-electron chi connectivity index (χ2n) is 7.70. The number of likely N-dealkylation sites (tertiary alicyclic amines) is 1. The smallest absolute Gasteiger partial charge is 0.254 e. The number of hydrogen-bond donors (Lipinski definition) is 1. The maximum absolute atomic E-state index is 12.6. The molecule has 0 saturated carbocycles. The van der Waals surface area contributed by atoms with Gasteiger partial charge in [-0.3, -0.25) is 14.6 Å². The Morgan fingerprint density at radius 3 is 2.72 bits per heavy atom. The summed E-state index contributed by atoms with van der Waals surface area (Å²) in [5.41, 5.74) is 1.35. The van der Waals surface area contributed by atoms with Crippen molar-refractivity contribution >= 4 is 11.8 Å². The van der Waals surface area contributed by atoms with Crippen LogP contribution in [-0.2, 0) is 4.74 Å². The highest BCUT2D eigenvalue weighted by molar-refractivity contribution is 5.95. The highest BCUT2D eigenvalue weighted by Gasteiger charge is 2.48. The molecule has 1 aromatic heterocycles. The molecule has 3 heterocycles. The molecule has 29 heavy (non-hydrogen) atoms. The standard InChI is InChI=1S/C22H22N4O3/c23-11-16-2-1-3-19(10-16)21(28)26-14-22(15-26)7-4-17(13-29-22)12-25-20(27)18-5-8-24-9-6-18/h1-3,5-6,8-10,17H,4,7,12-15H2,(H,25,27). The second kappa shape index (κ2) is 8.02. The summed E-state index contributed by atoms with van der Waals surface area (Å²) in [6.07, 6.45) is 5.01. The molecule has 2 aromatic rings. The van der Waals surface area contributed by atoms with Crippen LogP contribution < -0.4 is 5.32 Å². The molecule has 148 valence electrons. The Hall–Kier alpha value is -3.24. The molecule has 2 aliphatic rings. The summed E-state index contributed by atoms with van der Waals surface area (Å²) < 4.78 is 6.11. The summed E-state index contributed by atoms with van der Waals surface area (Å²) in [4.78, 5) is 30.4. The lowest BCUT2D eigenvalue weighted by Gasteiger charge is -2.52. The third-order valence-electron chi connectivity index (χ3n) is 5.61. The van der Waals surface area contributed by atoms with E-state index in [4.69, 9.17) is 10.00 Å². The highest BCUT2D eigenvalue weighted by Crippen LogP contribution is 2.36. The fourth-order valence-corrected chi connectivity index (χ4v) is 3.87. The van der Waals surface area contributed by atoms with Gasteiger partial charge >= 0.3 is 0 Å². The molecule has 2 saturated heterocycles. The summed E-state index contributed by atoms with van der Waals surface area (Å²) in [5.74, 6) is 0.0965. The molecular weight excluding hydrogens is 368 g/mol. The number of carbonyl (C=O) groups excluding carboxylic acids is 2. The molecule has 1 aromatic carbocycles. The predicted octanol–water partition coefficient (Wildman–Crippen LogP) is 2.00. The van der Waals surface area contributed by atoms with Crippen LogP contribution in [0.2, 0.25) is 0 Å². The Kier molecular flexibility index (Phi) is 5.28. The minimum absolute atomic E-state index is 0.0666. The van der Waals surface area contributed by atoms with E-state index < -0.39 is 0 Å². The number of hydrogen-bond acceptors (Lipinski definition) is 5. The number of rotatable bonds is 4. The Labute approximate surface area is 169 Å². The Bertz CT molecular complexity index is 938. The topological polar surface area (TPSA) is 95.3 Å². The van der Waals surface area contributed by atoms with Crippen molar-refractivity contribution < 1.29 is 14.3 Å². The summed E-state index contributed by atoms with van der Waals surface area (Å²) in [6.45, 7) is 2.28. The van der Waals surface area contributed by atoms with Crippen LogP contribution in [0.5, 0.6) is 0 Å². The average molecular weight is 390 g/mol. The number of carbonyl (C=O) groups is 2. The molecule has 2 fully saturated rings. The zero-order chi connectivity index (χ0) is 20.3. The van der Waals surface area contributed by atoms with Crippen molar-refractivity contribution in [3.8, 4) is 6.07 Å². The van der Waals surface area contributed by atoms with E-state index in [2.05, 4.69) is 16.4 Å². The second-order valence-corrected chi connectivity index (χ2v) is 7.70. The van der Waals surface area contributed by atoms with Crippen LogP contribution in [0.1, 0.15) is 39.1 Å². The van der Waals surface area contributed by atoms with Crippen LogP contribution in [-0.4, -0.2) is 53.5 Å². The lowest BCUT2D eigenvalue weighted by atomic mass is 9.82. The zero-order valence-electron chi connectivity index (χ0n) is 16.0. The number of benzene rings is 1. The maximum Gasteiger partial charge on any atom is 0.254 e. The van der Waals surface area contributed by atoms with E-state index in [-0.39, 0.29) is 23.3 Å². The van der Waals surface area contributed by atoms with E-state index >= 15 is 0 Å². The van der Waals surface area contributed by atoms with Crippen molar-refractivity contribution in [2.75, 3.05) is 26.2 Å². The SMILES string of the molecule is N#Cc1cccc(C(=O)N2CC3(CCC(CNC(=O)c4ccncc4)CO3)C2)c1. The van der Waals surface area contributed by atoms with Crippen LogP contribution in [0.15, 0.2) is 48.8 Å². The fourth-order valence-electron chi connectivity index (χ4n) is 3.87. The van der Waals surface area contributed by atoms with Gasteiger partial charge in [0.1, 0.15) is 5.60 Å². The normalized spacial score (nSPS) is 19.8. The number of nitriles is 1. The van der Waals surface area contributed by atoms with Crippen molar-refractivity contribution in [3.05, 3.63) is 65.5 Å². The van der Waals surface area contributed by atoms with Gasteiger partial charge in [0, 0.05) is 30.1 Å². The number of pyridine rings is 1. The molecule has 2 aliphatic heterocycles. The first kappa shape index (κ1) is 19.1. The monoisotopic (exact) mass is 390 g/mol. The zero-order valence-corrected chi connectivity index (χ0v) is 16.0. The van der Waals surface area contributed by atoms with E-state index in [1.165, 1.54) is 0 Å². The van der Waals surface area contributed by atoms with Gasteiger partial charge in [-0.15, -0.1) is 0 Å². The predicted molar refractivity (Wildman–Crippen MR) is 105 cm³/mol. The van der Waals surface area contributed by atoms with Gasteiger partial charge < -0.3 is 15.0 Å². The molecule has 2 amide bonds. The lowest BCUT2D eigenvalue weighted by Crippen LogP contribution is -2.66. The summed E-state index contributed by atoms with van der Waals surface area (Å²) in [5, 5.41) is 11.9. The minimum Gasteiger partial charge on any atom is -0.371 e. The molecule has 7 nitrogen and oxygen atoms in total. The molecule has 7 heteroatoms. The van der Waals surface area contributed by atoms with E-state index in [0.717, 1.165) is 12.8 Å². The van der Waals surface area contributed by atoms with Gasteiger partial charge in [-0.05, 0) is 49.1 Å². The van der Waals surface area contributed by atoms with Gasteiger partial charge in [0.05, 0.1) is 31.3 Å². The lowest BCUT2D eigenvalue weighted by molar-refractivity contribution is -0.166. The van der Waals surface area contributed by atoms with Gasteiger partial charge in [-0.2, -0.15) is 5.26 Å².